The minimum Gasteiger partial charge on any atom is -0.377 e. The Bertz CT molecular complexity index is 674. The van der Waals surface area contributed by atoms with Gasteiger partial charge in [0, 0.05) is 5.75 Å². The molecule has 1 aliphatic carbocycles. The van der Waals surface area contributed by atoms with E-state index in [2.05, 4.69) is 46.6 Å². The van der Waals surface area contributed by atoms with E-state index >= 15 is 0 Å². The summed E-state index contributed by atoms with van der Waals surface area (Å²) in [5, 5.41) is 8.61. The van der Waals surface area contributed by atoms with Crippen molar-refractivity contribution in [2.45, 2.75) is 30.9 Å². The van der Waals surface area contributed by atoms with Crippen LogP contribution in [0.1, 0.15) is 41.9 Å². The average Bonchev–Trinajstić information content (AvgIpc) is 2.54. The van der Waals surface area contributed by atoms with E-state index in [1.807, 2.05) is 18.2 Å². The van der Waals surface area contributed by atoms with Gasteiger partial charge in [0.05, 0.1) is 6.21 Å². The molecule has 0 saturated heterocycles. The molecule has 3 nitrogen and oxygen atoms in total. The van der Waals surface area contributed by atoms with Crippen LogP contribution >= 0.6 is 11.8 Å². The van der Waals surface area contributed by atoms with Crippen LogP contribution in [0.3, 0.4) is 0 Å². The van der Waals surface area contributed by atoms with Crippen LogP contribution < -0.4 is 5.73 Å². The molecule has 0 amide bonds. The maximum atomic E-state index is 5.87. The summed E-state index contributed by atoms with van der Waals surface area (Å²) in [6, 6.07) is 18.8. The Hall–Kier alpha value is -2.07. The molecule has 1 aliphatic rings. The molecule has 2 aromatic rings. The van der Waals surface area contributed by atoms with Gasteiger partial charge in [0.25, 0.3) is 0 Å². The molecule has 2 N–H and O–H groups in total. The van der Waals surface area contributed by atoms with E-state index in [-0.39, 0.29) is 0 Å². The van der Waals surface area contributed by atoms with Gasteiger partial charge in [0.2, 0.25) is 0 Å². The van der Waals surface area contributed by atoms with E-state index in [4.69, 9.17) is 5.73 Å². The molecule has 0 spiro atoms. The van der Waals surface area contributed by atoms with Gasteiger partial charge in [-0.05, 0) is 35.4 Å². The van der Waals surface area contributed by atoms with E-state index in [1.165, 1.54) is 42.2 Å². The lowest BCUT2D eigenvalue weighted by atomic mass is 9.80. The van der Waals surface area contributed by atoms with Crippen molar-refractivity contribution in [2.24, 2.45) is 15.9 Å². The lowest BCUT2D eigenvalue weighted by Crippen LogP contribution is -2.08. The Kier molecular flexibility index (Phi) is 5.48. The molecule has 0 aliphatic heterocycles. The van der Waals surface area contributed by atoms with Gasteiger partial charge in [-0.1, -0.05) is 72.8 Å². The second-order valence-corrected chi connectivity index (χ2v) is 6.75. The van der Waals surface area contributed by atoms with Crippen molar-refractivity contribution in [1.82, 2.24) is 0 Å². The highest BCUT2D eigenvalue weighted by atomic mass is 32.2. The molecular weight excluding hydrogens is 302 g/mol. The van der Waals surface area contributed by atoms with Crippen LogP contribution in [0.15, 0.2) is 64.8 Å². The smallest absolute Gasteiger partial charge is 0.180 e. The van der Waals surface area contributed by atoms with E-state index in [0.29, 0.717) is 5.17 Å². The molecule has 118 valence electrons. The van der Waals surface area contributed by atoms with Crippen molar-refractivity contribution in [2.75, 3.05) is 0 Å². The van der Waals surface area contributed by atoms with Gasteiger partial charge < -0.3 is 5.73 Å². The van der Waals surface area contributed by atoms with Crippen molar-refractivity contribution in [3.8, 4) is 0 Å². The van der Waals surface area contributed by atoms with Crippen LogP contribution in [-0.2, 0) is 5.75 Å². The molecule has 0 unspecified atom stereocenters. The third kappa shape index (κ3) is 4.70. The van der Waals surface area contributed by atoms with Gasteiger partial charge in [0.1, 0.15) is 0 Å². The van der Waals surface area contributed by atoms with Crippen molar-refractivity contribution in [3.05, 3.63) is 71.3 Å². The lowest BCUT2D eigenvalue weighted by molar-refractivity contribution is 0.420. The van der Waals surface area contributed by atoms with E-state index in [1.54, 1.807) is 6.21 Å². The van der Waals surface area contributed by atoms with Crippen LogP contribution in [0, 0.1) is 0 Å². The van der Waals surface area contributed by atoms with Crippen LogP contribution in [0.5, 0.6) is 0 Å². The normalized spacial score (nSPS) is 15.7. The zero-order valence-electron chi connectivity index (χ0n) is 13.1. The molecule has 0 atom stereocenters. The number of nitrogens with zero attached hydrogens (tertiary/aromatic N) is 2. The second kappa shape index (κ2) is 7.97. The summed E-state index contributed by atoms with van der Waals surface area (Å²) in [5.41, 5.74) is 9.60. The number of hydrogen-bond acceptors (Lipinski definition) is 3. The number of hydrogen-bond donors (Lipinski definition) is 1. The molecule has 2 aromatic carbocycles. The van der Waals surface area contributed by atoms with Gasteiger partial charge in [-0.3, -0.25) is 0 Å². The van der Waals surface area contributed by atoms with E-state index in [0.717, 1.165) is 17.2 Å². The third-order valence-corrected chi connectivity index (χ3v) is 4.96. The van der Waals surface area contributed by atoms with Crippen molar-refractivity contribution >= 4 is 23.1 Å². The number of amidine groups is 1. The minimum atomic E-state index is 0.483. The monoisotopic (exact) mass is 323 g/mol. The highest BCUT2D eigenvalue weighted by Gasteiger charge is 2.18. The summed E-state index contributed by atoms with van der Waals surface area (Å²) in [7, 11) is 0. The predicted molar refractivity (Wildman–Crippen MR) is 100.0 cm³/mol. The summed E-state index contributed by atoms with van der Waals surface area (Å²) in [6.07, 6.45) is 5.77. The first-order valence-corrected chi connectivity index (χ1v) is 8.93. The molecule has 4 heteroatoms. The standard InChI is InChI=1S/C19H21N3S/c20-19(23-14-16-5-2-1-3-6-16)22-21-13-15-9-11-18(12-10-15)17-7-4-8-17/h1-3,5-6,9-13,17H,4,7-8,14H2,(H2,20,22). The minimum absolute atomic E-state index is 0.483. The van der Waals surface area contributed by atoms with Crippen molar-refractivity contribution in [1.29, 1.82) is 0 Å². The number of nitrogens with two attached hydrogens (primary N) is 1. The zero-order valence-corrected chi connectivity index (χ0v) is 13.9. The van der Waals surface area contributed by atoms with Crippen LogP contribution in [0.25, 0.3) is 0 Å². The first-order valence-electron chi connectivity index (χ1n) is 7.94. The summed E-state index contributed by atoms with van der Waals surface area (Å²) >= 11 is 1.50. The molecule has 0 bridgehead atoms. The maximum Gasteiger partial charge on any atom is 0.180 e. The van der Waals surface area contributed by atoms with E-state index in [9.17, 15) is 0 Å². The largest absolute Gasteiger partial charge is 0.377 e. The highest BCUT2D eigenvalue weighted by Crippen LogP contribution is 2.36. The fourth-order valence-electron chi connectivity index (χ4n) is 2.51. The fourth-order valence-corrected chi connectivity index (χ4v) is 3.12. The van der Waals surface area contributed by atoms with Gasteiger partial charge >= 0.3 is 0 Å². The third-order valence-electron chi connectivity index (χ3n) is 4.11. The number of rotatable bonds is 5. The molecule has 0 heterocycles. The lowest BCUT2D eigenvalue weighted by Gasteiger charge is -2.25. The molecule has 0 radical (unpaired) electrons. The quantitative estimate of drug-likeness (QED) is 0.499. The first-order chi connectivity index (χ1) is 11.3. The van der Waals surface area contributed by atoms with Crippen molar-refractivity contribution in [3.63, 3.8) is 0 Å². The molecule has 1 saturated carbocycles. The first kappa shape index (κ1) is 15.8. The Morgan fingerprint density at radius 2 is 1.83 bits per heavy atom. The Morgan fingerprint density at radius 1 is 1.09 bits per heavy atom. The Morgan fingerprint density at radius 3 is 2.48 bits per heavy atom. The molecule has 3 rings (SSSR count). The summed E-state index contributed by atoms with van der Waals surface area (Å²) in [4.78, 5) is 0. The molecule has 23 heavy (non-hydrogen) atoms. The Labute approximate surface area is 141 Å². The number of benzene rings is 2. The maximum absolute atomic E-state index is 5.87. The van der Waals surface area contributed by atoms with Crippen LogP contribution in [0.2, 0.25) is 0 Å². The average molecular weight is 323 g/mol. The summed E-state index contributed by atoms with van der Waals surface area (Å²) in [5.74, 6) is 1.57. The molecular formula is C19H21N3S. The Balaban J connectivity index is 1.50. The summed E-state index contributed by atoms with van der Waals surface area (Å²) in [6.45, 7) is 0. The zero-order chi connectivity index (χ0) is 15.9. The topological polar surface area (TPSA) is 50.7 Å². The second-order valence-electron chi connectivity index (χ2n) is 5.75. The predicted octanol–water partition coefficient (Wildman–Crippen LogP) is 4.54. The van der Waals surface area contributed by atoms with Crippen molar-refractivity contribution < 1.29 is 0 Å². The molecule has 1 fully saturated rings. The SMILES string of the molecule is NC(=NN=Cc1ccc(C2CCC2)cc1)SCc1ccccc1. The number of thioether (sulfide) groups is 1. The van der Waals surface area contributed by atoms with E-state index < -0.39 is 0 Å². The highest BCUT2D eigenvalue weighted by molar-refractivity contribution is 8.13. The van der Waals surface area contributed by atoms with Crippen LogP contribution in [0.4, 0.5) is 0 Å². The molecule has 0 aromatic heterocycles. The van der Waals surface area contributed by atoms with Crippen LogP contribution in [-0.4, -0.2) is 11.4 Å². The van der Waals surface area contributed by atoms with Gasteiger partial charge in [0.15, 0.2) is 5.17 Å². The fraction of sp³-hybridized carbons (Fsp3) is 0.263. The summed E-state index contributed by atoms with van der Waals surface area (Å²) < 4.78 is 0. The van der Waals surface area contributed by atoms with Gasteiger partial charge in [-0.25, -0.2) is 0 Å². The van der Waals surface area contributed by atoms with Gasteiger partial charge in [-0.2, -0.15) is 5.10 Å². The van der Waals surface area contributed by atoms with Gasteiger partial charge in [-0.15, -0.1) is 5.10 Å².